The maximum Gasteiger partial charge on any atom is 0.261 e. The fourth-order valence-corrected chi connectivity index (χ4v) is 4.42. The predicted octanol–water partition coefficient (Wildman–Crippen LogP) is 6.20. The van der Waals surface area contributed by atoms with Gasteiger partial charge in [0.05, 0.1) is 0 Å². The van der Waals surface area contributed by atoms with Crippen molar-refractivity contribution in [3.63, 3.8) is 0 Å². The maximum absolute atomic E-state index is 13.8. The van der Waals surface area contributed by atoms with Crippen LogP contribution in [0.4, 0.5) is 0 Å². The lowest BCUT2D eigenvalue weighted by atomic mass is 10.0. The molecule has 1 N–H and O–H groups in total. The highest BCUT2D eigenvalue weighted by atomic mass is 35.5. The van der Waals surface area contributed by atoms with E-state index in [9.17, 15) is 9.59 Å². The molecule has 37 heavy (non-hydrogen) atoms. The third-order valence-electron chi connectivity index (χ3n) is 6.13. The van der Waals surface area contributed by atoms with E-state index in [-0.39, 0.29) is 25.0 Å². The molecule has 2 amide bonds. The zero-order valence-corrected chi connectivity index (χ0v) is 23.4. The van der Waals surface area contributed by atoms with Crippen molar-refractivity contribution in [3.8, 4) is 5.75 Å². The van der Waals surface area contributed by atoms with Crippen molar-refractivity contribution in [2.24, 2.45) is 0 Å². The number of rotatable bonds is 9. The standard InChI is InChI=1S/C31H37ClN2O3/c1-21-15-22(2)23(3)28(16-21)37-20-29(35)34(19-25-13-10-14-26(32)17-25)27(30(36)33-31(4,5)6)18-24-11-8-7-9-12-24/h7-17,27H,18-20H2,1-6H3,(H,33,36)/t27-/m1/s1. The molecule has 0 spiro atoms. The van der Waals surface area contributed by atoms with Gasteiger partial charge in [-0.05, 0) is 87.6 Å². The average Bonchev–Trinajstić information content (AvgIpc) is 2.82. The molecule has 0 saturated heterocycles. The summed E-state index contributed by atoms with van der Waals surface area (Å²) in [6.45, 7) is 11.8. The first-order chi connectivity index (χ1) is 17.4. The maximum atomic E-state index is 13.8. The van der Waals surface area contributed by atoms with Crippen LogP contribution in [-0.2, 0) is 22.6 Å². The number of ether oxygens (including phenoxy) is 1. The summed E-state index contributed by atoms with van der Waals surface area (Å²) >= 11 is 6.25. The van der Waals surface area contributed by atoms with Gasteiger partial charge in [0, 0.05) is 23.5 Å². The minimum Gasteiger partial charge on any atom is -0.483 e. The van der Waals surface area contributed by atoms with E-state index in [1.165, 1.54) is 0 Å². The van der Waals surface area contributed by atoms with Crippen molar-refractivity contribution in [1.82, 2.24) is 10.2 Å². The molecule has 1 atom stereocenters. The molecule has 6 heteroatoms. The molecule has 5 nitrogen and oxygen atoms in total. The van der Waals surface area contributed by atoms with Gasteiger partial charge in [-0.1, -0.05) is 60.1 Å². The highest BCUT2D eigenvalue weighted by Crippen LogP contribution is 2.24. The van der Waals surface area contributed by atoms with E-state index >= 15 is 0 Å². The Morgan fingerprint density at radius 1 is 0.946 bits per heavy atom. The van der Waals surface area contributed by atoms with E-state index in [1.807, 2.05) is 96.1 Å². The summed E-state index contributed by atoms with van der Waals surface area (Å²) in [6, 6.07) is 20.4. The summed E-state index contributed by atoms with van der Waals surface area (Å²) in [7, 11) is 0. The summed E-state index contributed by atoms with van der Waals surface area (Å²) in [5, 5.41) is 3.64. The highest BCUT2D eigenvalue weighted by Gasteiger charge is 2.32. The first-order valence-corrected chi connectivity index (χ1v) is 12.9. The van der Waals surface area contributed by atoms with Crippen LogP contribution in [0.25, 0.3) is 0 Å². The Hall–Kier alpha value is -3.31. The topological polar surface area (TPSA) is 58.6 Å². The molecule has 0 saturated carbocycles. The van der Waals surface area contributed by atoms with Crippen molar-refractivity contribution < 1.29 is 14.3 Å². The lowest BCUT2D eigenvalue weighted by molar-refractivity contribution is -0.143. The third kappa shape index (κ3) is 8.36. The number of nitrogens with zero attached hydrogens (tertiary/aromatic N) is 1. The number of hydrogen-bond acceptors (Lipinski definition) is 3. The largest absolute Gasteiger partial charge is 0.483 e. The second-order valence-electron chi connectivity index (χ2n) is 10.6. The van der Waals surface area contributed by atoms with Crippen LogP contribution in [0.1, 0.15) is 48.6 Å². The zero-order valence-electron chi connectivity index (χ0n) is 22.6. The molecule has 3 aromatic carbocycles. The first kappa shape index (κ1) is 28.3. The molecule has 0 radical (unpaired) electrons. The third-order valence-corrected chi connectivity index (χ3v) is 6.36. The van der Waals surface area contributed by atoms with Crippen molar-refractivity contribution in [1.29, 1.82) is 0 Å². The second-order valence-corrected chi connectivity index (χ2v) is 11.0. The Morgan fingerprint density at radius 2 is 1.62 bits per heavy atom. The van der Waals surface area contributed by atoms with Gasteiger partial charge in [0.15, 0.2) is 6.61 Å². The van der Waals surface area contributed by atoms with Crippen molar-refractivity contribution >= 4 is 23.4 Å². The van der Waals surface area contributed by atoms with Crippen LogP contribution in [0.3, 0.4) is 0 Å². The second kappa shape index (κ2) is 12.3. The smallest absolute Gasteiger partial charge is 0.261 e. The SMILES string of the molecule is Cc1cc(C)c(C)c(OCC(=O)N(Cc2cccc(Cl)c2)[C@H](Cc2ccccc2)C(=O)NC(C)(C)C)c1. The van der Waals surface area contributed by atoms with E-state index < -0.39 is 11.6 Å². The minimum absolute atomic E-state index is 0.182. The summed E-state index contributed by atoms with van der Waals surface area (Å²) < 4.78 is 6.03. The van der Waals surface area contributed by atoms with E-state index in [2.05, 4.69) is 11.4 Å². The van der Waals surface area contributed by atoms with Crippen molar-refractivity contribution in [2.45, 2.75) is 66.1 Å². The van der Waals surface area contributed by atoms with Gasteiger partial charge < -0.3 is 15.0 Å². The molecule has 0 aliphatic carbocycles. The fourth-order valence-electron chi connectivity index (χ4n) is 4.21. The molecular weight excluding hydrogens is 484 g/mol. The monoisotopic (exact) mass is 520 g/mol. The molecule has 0 aliphatic heterocycles. The Morgan fingerprint density at radius 3 is 2.27 bits per heavy atom. The van der Waals surface area contributed by atoms with Gasteiger partial charge in [-0.3, -0.25) is 9.59 Å². The molecule has 0 bridgehead atoms. The summed E-state index contributed by atoms with van der Waals surface area (Å²) in [5.74, 6) is 0.185. The number of halogens is 1. The van der Waals surface area contributed by atoms with Gasteiger partial charge in [-0.15, -0.1) is 0 Å². The van der Waals surface area contributed by atoms with Crippen LogP contribution >= 0.6 is 11.6 Å². The van der Waals surface area contributed by atoms with Crippen LogP contribution in [0.15, 0.2) is 66.7 Å². The number of aryl methyl sites for hydroxylation is 2. The molecule has 3 rings (SSSR count). The van der Waals surface area contributed by atoms with E-state index in [0.717, 1.165) is 27.8 Å². The minimum atomic E-state index is -0.739. The number of carbonyl (C=O) groups is 2. The molecule has 3 aromatic rings. The highest BCUT2D eigenvalue weighted by molar-refractivity contribution is 6.30. The van der Waals surface area contributed by atoms with Crippen LogP contribution in [0.2, 0.25) is 5.02 Å². The van der Waals surface area contributed by atoms with Crippen LogP contribution in [0, 0.1) is 20.8 Å². The van der Waals surface area contributed by atoms with Crippen LogP contribution in [-0.4, -0.2) is 34.9 Å². The predicted molar refractivity (Wildman–Crippen MR) is 150 cm³/mol. The number of nitrogens with one attached hydrogen (secondary N) is 1. The van der Waals surface area contributed by atoms with Gasteiger partial charge in [-0.2, -0.15) is 0 Å². The molecular formula is C31H37ClN2O3. The molecule has 0 unspecified atom stereocenters. The van der Waals surface area contributed by atoms with Gasteiger partial charge in [-0.25, -0.2) is 0 Å². The number of hydrogen-bond donors (Lipinski definition) is 1. The van der Waals surface area contributed by atoms with E-state index in [0.29, 0.717) is 17.2 Å². The number of carbonyl (C=O) groups excluding carboxylic acids is 2. The van der Waals surface area contributed by atoms with Crippen LogP contribution < -0.4 is 10.1 Å². The summed E-state index contributed by atoms with van der Waals surface area (Å²) in [4.78, 5) is 29.0. The number of benzene rings is 3. The van der Waals surface area contributed by atoms with Crippen molar-refractivity contribution in [2.75, 3.05) is 6.61 Å². The normalized spacial score (nSPS) is 12.1. The Labute approximate surface area is 225 Å². The van der Waals surface area contributed by atoms with Gasteiger partial charge >= 0.3 is 0 Å². The Bertz CT molecular complexity index is 1230. The molecule has 0 aromatic heterocycles. The van der Waals surface area contributed by atoms with E-state index in [4.69, 9.17) is 16.3 Å². The lowest BCUT2D eigenvalue weighted by Gasteiger charge is -2.34. The fraction of sp³-hybridized carbons (Fsp3) is 0.355. The average molecular weight is 521 g/mol. The summed E-state index contributed by atoms with van der Waals surface area (Å²) in [5.41, 5.74) is 4.50. The zero-order chi connectivity index (χ0) is 27.2. The molecule has 0 heterocycles. The van der Waals surface area contributed by atoms with Crippen LogP contribution in [0.5, 0.6) is 5.75 Å². The van der Waals surface area contributed by atoms with Gasteiger partial charge in [0.25, 0.3) is 5.91 Å². The Kier molecular flexibility index (Phi) is 9.39. The van der Waals surface area contributed by atoms with Crippen molar-refractivity contribution in [3.05, 3.63) is 99.6 Å². The first-order valence-electron chi connectivity index (χ1n) is 12.5. The van der Waals surface area contributed by atoms with Gasteiger partial charge in [0.2, 0.25) is 5.91 Å². The molecule has 0 aliphatic rings. The summed E-state index contributed by atoms with van der Waals surface area (Å²) in [6.07, 6.45) is 0.373. The van der Waals surface area contributed by atoms with E-state index in [1.54, 1.807) is 11.0 Å². The molecule has 196 valence electrons. The lowest BCUT2D eigenvalue weighted by Crippen LogP contribution is -2.55. The number of amides is 2. The van der Waals surface area contributed by atoms with Gasteiger partial charge in [0.1, 0.15) is 11.8 Å². The quantitative estimate of drug-likeness (QED) is 0.365. The Balaban J connectivity index is 1.96. The molecule has 0 fully saturated rings.